The highest BCUT2D eigenvalue weighted by atomic mass is 32.2. The van der Waals surface area contributed by atoms with E-state index in [9.17, 15) is 0 Å². The first-order valence-electron chi connectivity index (χ1n) is 10.8. The summed E-state index contributed by atoms with van der Waals surface area (Å²) in [4.78, 5) is 9.71. The van der Waals surface area contributed by atoms with E-state index >= 15 is 0 Å². The Labute approximate surface area is 196 Å². The smallest absolute Gasteiger partial charge is 0.136 e. The third kappa shape index (κ3) is 9.70. The van der Waals surface area contributed by atoms with Gasteiger partial charge in [0.05, 0.1) is 6.07 Å². The van der Waals surface area contributed by atoms with Gasteiger partial charge in [-0.15, -0.1) is 0 Å². The number of thiocarbonyl (C=S) groups is 2. The van der Waals surface area contributed by atoms with Crippen LogP contribution >= 0.6 is 48.0 Å². The molecule has 2 rings (SSSR count). The van der Waals surface area contributed by atoms with E-state index in [1.54, 1.807) is 11.8 Å². The third-order valence-electron chi connectivity index (χ3n) is 5.39. The van der Waals surface area contributed by atoms with Gasteiger partial charge in [-0.25, -0.2) is 0 Å². The molecule has 0 aromatic carbocycles. The molecule has 29 heavy (non-hydrogen) atoms. The summed E-state index contributed by atoms with van der Waals surface area (Å²) in [6, 6.07) is 2.22. The lowest BCUT2D eigenvalue weighted by Crippen LogP contribution is -2.48. The van der Waals surface area contributed by atoms with Crippen molar-refractivity contribution in [3.63, 3.8) is 0 Å². The second-order valence-electron chi connectivity index (χ2n) is 7.50. The minimum atomic E-state index is 0.655. The summed E-state index contributed by atoms with van der Waals surface area (Å²) >= 11 is 14.9. The number of thioether (sulfide) groups is 2. The van der Waals surface area contributed by atoms with Gasteiger partial charge in [0.25, 0.3) is 0 Å². The van der Waals surface area contributed by atoms with Crippen LogP contribution < -0.4 is 0 Å². The van der Waals surface area contributed by atoms with Crippen LogP contribution in [0.4, 0.5) is 0 Å². The third-order valence-corrected chi connectivity index (χ3v) is 8.69. The van der Waals surface area contributed by atoms with E-state index in [1.807, 2.05) is 11.8 Å². The lowest BCUT2D eigenvalue weighted by molar-refractivity contribution is 0.183. The molecule has 0 atom stereocenters. The van der Waals surface area contributed by atoms with Gasteiger partial charge in [-0.05, 0) is 25.9 Å². The van der Waals surface area contributed by atoms with Crippen molar-refractivity contribution >= 4 is 56.6 Å². The van der Waals surface area contributed by atoms with Gasteiger partial charge in [-0.3, -0.25) is 9.80 Å². The van der Waals surface area contributed by atoms with Crippen molar-refractivity contribution in [3.05, 3.63) is 0 Å². The molecule has 0 aromatic heterocycles. The van der Waals surface area contributed by atoms with E-state index in [2.05, 4.69) is 32.6 Å². The van der Waals surface area contributed by atoms with Crippen LogP contribution in [0.15, 0.2) is 0 Å². The maximum absolute atomic E-state index is 8.65. The average molecular weight is 474 g/mol. The topological polar surface area (TPSA) is 36.8 Å². The van der Waals surface area contributed by atoms with E-state index in [0.717, 1.165) is 85.5 Å². The van der Waals surface area contributed by atoms with Crippen LogP contribution in [0.2, 0.25) is 0 Å². The zero-order valence-corrected chi connectivity index (χ0v) is 20.9. The standard InChI is InChI=1S/C20H35N5S4/c1-2-3-7-22-9-13-24(14-10-22)19(26)28-17-18-29-20(27)25-15-11-23(12-16-25)8-5-4-6-21/h2-5,7-18H2,1H3. The van der Waals surface area contributed by atoms with E-state index in [0.29, 0.717) is 6.42 Å². The zero-order chi connectivity index (χ0) is 20.9. The summed E-state index contributed by atoms with van der Waals surface area (Å²) < 4.78 is 2.08. The lowest BCUT2D eigenvalue weighted by Gasteiger charge is -2.36. The highest BCUT2D eigenvalue weighted by Crippen LogP contribution is 2.18. The summed E-state index contributed by atoms with van der Waals surface area (Å²) in [6.07, 6.45) is 4.20. The van der Waals surface area contributed by atoms with E-state index in [4.69, 9.17) is 29.7 Å². The monoisotopic (exact) mass is 473 g/mol. The Morgan fingerprint density at radius 3 is 1.66 bits per heavy atom. The van der Waals surface area contributed by atoms with Crippen LogP contribution in [-0.4, -0.2) is 105 Å². The summed E-state index contributed by atoms with van der Waals surface area (Å²) in [5.41, 5.74) is 0. The number of rotatable bonds is 9. The molecule has 0 radical (unpaired) electrons. The molecule has 2 aliphatic heterocycles. The van der Waals surface area contributed by atoms with Gasteiger partial charge in [0.15, 0.2) is 0 Å². The van der Waals surface area contributed by atoms with Crippen LogP contribution in [0.1, 0.15) is 32.6 Å². The number of hydrogen-bond acceptors (Lipinski definition) is 7. The number of hydrogen-bond donors (Lipinski definition) is 0. The molecule has 0 bridgehead atoms. The number of unbranched alkanes of at least 4 members (excludes halogenated alkanes) is 2. The molecule has 2 saturated heterocycles. The van der Waals surface area contributed by atoms with Crippen molar-refractivity contribution in [2.75, 3.05) is 77.0 Å². The highest BCUT2D eigenvalue weighted by molar-refractivity contribution is 8.25. The van der Waals surface area contributed by atoms with Gasteiger partial charge in [-0.1, -0.05) is 61.3 Å². The Kier molecular flexibility index (Phi) is 12.9. The maximum Gasteiger partial charge on any atom is 0.136 e. The summed E-state index contributed by atoms with van der Waals surface area (Å²) in [6.45, 7) is 13.0. The summed E-state index contributed by atoms with van der Waals surface area (Å²) in [5, 5.41) is 8.65. The molecule has 0 N–H and O–H groups in total. The predicted molar refractivity (Wildman–Crippen MR) is 136 cm³/mol. The van der Waals surface area contributed by atoms with Crippen molar-refractivity contribution in [2.24, 2.45) is 0 Å². The maximum atomic E-state index is 8.65. The Morgan fingerprint density at radius 1 is 0.793 bits per heavy atom. The molecule has 0 unspecified atom stereocenters. The second-order valence-corrected chi connectivity index (χ2v) is 11.0. The molecule has 0 aromatic rings. The Hall–Kier alpha value is -0.110. The molecule has 2 fully saturated rings. The van der Waals surface area contributed by atoms with E-state index in [-0.39, 0.29) is 0 Å². The fourth-order valence-corrected chi connectivity index (χ4v) is 6.12. The predicted octanol–water partition coefficient (Wildman–Crippen LogP) is 3.36. The van der Waals surface area contributed by atoms with Gasteiger partial charge in [0, 0.05) is 70.3 Å². The van der Waals surface area contributed by atoms with Crippen molar-refractivity contribution in [2.45, 2.75) is 32.6 Å². The minimum absolute atomic E-state index is 0.655. The molecule has 164 valence electrons. The normalized spacial score (nSPS) is 18.6. The van der Waals surface area contributed by atoms with Gasteiger partial charge < -0.3 is 9.80 Å². The molecule has 2 aliphatic rings. The minimum Gasteiger partial charge on any atom is -0.355 e. The van der Waals surface area contributed by atoms with E-state index < -0.39 is 0 Å². The van der Waals surface area contributed by atoms with Crippen molar-refractivity contribution in [1.82, 2.24) is 19.6 Å². The Morgan fingerprint density at radius 2 is 1.24 bits per heavy atom. The molecular formula is C20H35N5S4. The van der Waals surface area contributed by atoms with Gasteiger partial charge >= 0.3 is 0 Å². The van der Waals surface area contributed by atoms with Crippen LogP contribution in [0.5, 0.6) is 0 Å². The molecule has 0 saturated carbocycles. The zero-order valence-electron chi connectivity index (χ0n) is 17.7. The summed E-state index contributed by atoms with van der Waals surface area (Å²) in [7, 11) is 0. The number of nitriles is 1. The molecule has 0 amide bonds. The SMILES string of the molecule is CCCCN1CCN(C(=S)SCCSC(=S)N2CCN(CCCC#N)CC2)CC1. The molecule has 9 heteroatoms. The largest absolute Gasteiger partial charge is 0.355 e. The first-order valence-corrected chi connectivity index (χ1v) is 13.6. The Balaban J connectivity index is 1.52. The molecular weight excluding hydrogens is 439 g/mol. The first-order chi connectivity index (χ1) is 14.1. The van der Waals surface area contributed by atoms with Gasteiger partial charge in [0.2, 0.25) is 0 Å². The van der Waals surface area contributed by atoms with Crippen LogP contribution in [0, 0.1) is 11.3 Å². The number of piperazine rings is 2. The summed E-state index contributed by atoms with van der Waals surface area (Å²) in [5.74, 6) is 2.04. The van der Waals surface area contributed by atoms with E-state index in [1.165, 1.54) is 19.4 Å². The van der Waals surface area contributed by atoms with Crippen LogP contribution in [0.3, 0.4) is 0 Å². The Bertz CT molecular complexity index is 537. The average Bonchev–Trinajstić information content (AvgIpc) is 2.76. The first kappa shape index (κ1) is 25.2. The van der Waals surface area contributed by atoms with Crippen molar-refractivity contribution in [1.29, 1.82) is 5.26 Å². The second kappa shape index (κ2) is 14.8. The fourth-order valence-electron chi connectivity index (χ4n) is 3.51. The lowest BCUT2D eigenvalue weighted by atomic mass is 10.2. The number of nitrogens with zero attached hydrogens (tertiary/aromatic N) is 5. The van der Waals surface area contributed by atoms with Crippen molar-refractivity contribution in [3.8, 4) is 6.07 Å². The highest BCUT2D eigenvalue weighted by Gasteiger charge is 2.20. The molecule has 0 aliphatic carbocycles. The van der Waals surface area contributed by atoms with Crippen LogP contribution in [0.25, 0.3) is 0 Å². The van der Waals surface area contributed by atoms with Gasteiger partial charge in [-0.2, -0.15) is 5.26 Å². The fraction of sp³-hybridized carbons (Fsp3) is 0.850. The molecule has 0 spiro atoms. The molecule has 2 heterocycles. The van der Waals surface area contributed by atoms with Gasteiger partial charge in [0.1, 0.15) is 8.64 Å². The quantitative estimate of drug-likeness (QED) is 0.370. The van der Waals surface area contributed by atoms with Crippen LogP contribution in [-0.2, 0) is 0 Å². The molecule has 5 nitrogen and oxygen atoms in total. The van der Waals surface area contributed by atoms with Crippen molar-refractivity contribution < 1.29 is 0 Å².